The molecule has 1 aromatic heterocycles. The molecule has 0 saturated heterocycles. The van der Waals surface area contributed by atoms with Crippen LogP contribution in [0.3, 0.4) is 0 Å². The molecule has 1 aromatic carbocycles. The zero-order valence-electron chi connectivity index (χ0n) is 10.1. The van der Waals surface area contributed by atoms with Crippen LogP contribution in [0.15, 0.2) is 30.5 Å². The second kappa shape index (κ2) is 4.76. The Morgan fingerprint density at radius 2 is 2.11 bits per heavy atom. The van der Waals surface area contributed by atoms with Crippen LogP contribution < -0.4 is 4.74 Å². The first-order valence-corrected chi connectivity index (χ1v) is 5.40. The summed E-state index contributed by atoms with van der Waals surface area (Å²) in [6.45, 7) is 1.94. The lowest BCUT2D eigenvalue weighted by atomic mass is 10.1. The Morgan fingerprint density at radius 3 is 2.72 bits per heavy atom. The lowest BCUT2D eigenvalue weighted by Crippen LogP contribution is -1.90. The third kappa shape index (κ3) is 2.11. The fourth-order valence-electron chi connectivity index (χ4n) is 1.73. The van der Waals surface area contributed by atoms with E-state index >= 15 is 0 Å². The number of hydrogen-bond acceptors (Lipinski definition) is 4. The van der Waals surface area contributed by atoms with Gasteiger partial charge in [-0.3, -0.25) is 4.98 Å². The highest BCUT2D eigenvalue weighted by atomic mass is 16.5. The van der Waals surface area contributed by atoms with Crippen molar-refractivity contribution < 1.29 is 9.84 Å². The molecule has 2 rings (SSSR count). The third-order valence-electron chi connectivity index (χ3n) is 2.69. The van der Waals surface area contributed by atoms with Gasteiger partial charge in [0.05, 0.1) is 24.6 Å². The van der Waals surface area contributed by atoms with Crippen molar-refractivity contribution in [3.8, 4) is 28.8 Å². The van der Waals surface area contributed by atoms with Gasteiger partial charge in [-0.05, 0) is 36.8 Å². The first kappa shape index (κ1) is 11.9. The molecule has 90 valence electrons. The van der Waals surface area contributed by atoms with Crippen LogP contribution in [-0.2, 0) is 0 Å². The van der Waals surface area contributed by atoms with E-state index in [-0.39, 0.29) is 11.3 Å². The predicted octanol–water partition coefficient (Wildman–Crippen LogP) is 2.64. The zero-order chi connectivity index (χ0) is 13.1. The van der Waals surface area contributed by atoms with Crippen molar-refractivity contribution in [2.75, 3.05) is 7.11 Å². The van der Waals surface area contributed by atoms with E-state index in [0.717, 1.165) is 16.9 Å². The summed E-state index contributed by atoms with van der Waals surface area (Å²) in [6.07, 6.45) is 1.29. The molecule has 0 unspecified atom stereocenters. The van der Waals surface area contributed by atoms with E-state index in [2.05, 4.69) is 4.98 Å². The van der Waals surface area contributed by atoms with Crippen LogP contribution in [0, 0.1) is 18.3 Å². The molecular weight excluding hydrogens is 228 g/mol. The van der Waals surface area contributed by atoms with Gasteiger partial charge in [0.2, 0.25) is 0 Å². The van der Waals surface area contributed by atoms with Gasteiger partial charge in [-0.15, -0.1) is 0 Å². The molecule has 0 aliphatic carbocycles. The maximum atomic E-state index is 9.41. The summed E-state index contributed by atoms with van der Waals surface area (Å²) in [6, 6.07) is 9.14. The number of aromatic nitrogens is 1. The van der Waals surface area contributed by atoms with E-state index in [1.54, 1.807) is 13.2 Å². The molecule has 0 bridgehead atoms. The zero-order valence-corrected chi connectivity index (χ0v) is 10.1. The quantitative estimate of drug-likeness (QED) is 0.876. The van der Waals surface area contributed by atoms with Crippen molar-refractivity contribution in [3.05, 3.63) is 41.6 Å². The number of rotatable bonds is 2. The molecule has 0 radical (unpaired) electrons. The molecule has 0 aliphatic heterocycles. The third-order valence-corrected chi connectivity index (χ3v) is 2.69. The number of aromatic hydroxyl groups is 1. The Balaban J connectivity index is 2.49. The van der Waals surface area contributed by atoms with Gasteiger partial charge in [0, 0.05) is 5.56 Å². The first-order chi connectivity index (χ1) is 8.65. The monoisotopic (exact) mass is 240 g/mol. The molecule has 18 heavy (non-hydrogen) atoms. The average molecular weight is 240 g/mol. The molecule has 4 heteroatoms. The summed E-state index contributed by atoms with van der Waals surface area (Å²) in [4.78, 5) is 4.11. The molecule has 1 N–H and O–H groups in total. The predicted molar refractivity (Wildman–Crippen MR) is 67.3 cm³/mol. The Kier molecular flexibility index (Phi) is 3.16. The summed E-state index contributed by atoms with van der Waals surface area (Å²) < 4.78 is 5.19. The minimum atomic E-state index is -0.105. The lowest BCUT2D eigenvalue weighted by Gasteiger charge is -2.07. The molecule has 0 atom stereocenters. The molecule has 0 fully saturated rings. The molecule has 0 spiro atoms. The molecular formula is C14H12N2O2. The topological polar surface area (TPSA) is 66.1 Å². The Morgan fingerprint density at radius 1 is 1.33 bits per heavy atom. The Bertz CT molecular complexity index is 630. The molecule has 1 heterocycles. The summed E-state index contributed by atoms with van der Waals surface area (Å²) in [5.41, 5.74) is 2.73. The standard InChI is InChI=1S/C14H12N2O2/c1-9-5-10(3-4-14(9)18-2)12-6-11(7-15)13(17)8-16-12/h3-6,8,17H,1-2H3. The van der Waals surface area contributed by atoms with Crippen LogP contribution in [0.25, 0.3) is 11.3 Å². The van der Waals surface area contributed by atoms with Crippen molar-refractivity contribution in [2.45, 2.75) is 6.92 Å². The summed E-state index contributed by atoms with van der Waals surface area (Å²) in [5, 5.41) is 18.3. The Labute approximate surface area is 105 Å². The number of benzene rings is 1. The van der Waals surface area contributed by atoms with Crippen molar-refractivity contribution >= 4 is 0 Å². The van der Waals surface area contributed by atoms with Gasteiger partial charge < -0.3 is 9.84 Å². The highest BCUT2D eigenvalue weighted by Gasteiger charge is 2.07. The van der Waals surface area contributed by atoms with E-state index < -0.39 is 0 Å². The molecule has 4 nitrogen and oxygen atoms in total. The smallest absolute Gasteiger partial charge is 0.151 e. The molecule has 0 amide bonds. The van der Waals surface area contributed by atoms with E-state index in [0.29, 0.717) is 5.69 Å². The van der Waals surface area contributed by atoms with Crippen LogP contribution in [0.1, 0.15) is 11.1 Å². The highest BCUT2D eigenvalue weighted by molar-refractivity contribution is 5.64. The van der Waals surface area contributed by atoms with E-state index in [9.17, 15) is 5.11 Å². The van der Waals surface area contributed by atoms with Gasteiger partial charge >= 0.3 is 0 Å². The largest absolute Gasteiger partial charge is 0.505 e. The minimum Gasteiger partial charge on any atom is -0.505 e. The van der Waals surface area contributed by atoms with Gasteiger partial charge in [-0.1, -0.05) is 0 Å². The minimum absolute atomic E-state index is 0.105. The number of nitrogens with zero attached hydrogens (tertiary/aromatic N) is 2. The van der Waals surface area contributed by atoms with E-state index in [4.69, 9.17) is 10.00 Å². The number of nitriles is 1. The Hall–Kier alpha value is -2.54. The van der Waals surface area contributed by atoms with Crippen LogP contribution >= 0.6 is 0 Å². The lowest BCUT2D eigenvalue weighted by molar-refractivity contribution is 0.412. The van der Waals surface area contributed by atoms with Gasteiger partial charge in [0.1, 0.15) is 11.8 Å². The van der Waals surface area contributed by atoms with Crippen molar-refractivity contribution in [3.63, 3.8) is 0 Å². The highest BCUT2D eigenvalue weighted by Crippen LogP contribution is 2.27. The molecule has 0 saturated carbocycles. The first-order valence-electron chi connectivity index (χ1n) is 5.40. The second-order valence-corrected chi connectivity index (χ2v) is 3.88. The number of aryl methyl sites for hydroxylation is 1. The van der Waals surface area contributed by atoms with Crippen molar-refractivity contribution in [2.24, 2.45) is 0 Å². The van der Waals surface area contributed by atoms with E-state index in [1.807, 2.05) is 31.2 Å². The van der Waals surface area contributed by atoms with Crippen LogP contribution in [0.5, 0.6) is 11.5 Å². The number of hydrogen-bond donors (Lipinski definition) is 1. The van der Waals surface area contributed by atoms with Crippen molar-refractivity contribution in [1.82, 2.24) is 4.98 Å². The van der Waals surface area contributed by atoms with Crippen molar-refractivity contribution in [1.29, 1.82) is 5.26 Å². The summed E-state index contributed by atoms with van der Waals surface area (Å²) in [5.74, 6) is 0.699. The summed E-state index contributed by atoms with van der Waals surface area (Å²) in [7, 11) is 1.62. The van der Waals surface area contributed by atoms with Gasteiger partial charge in [0.25, 0.3) is 0 Å². The maximum absolute atomic E-state index is 9.41. The fourth-order valence-corrected chi connectivity index (χ4v) is 1.73. The number of pyridine rings is 1. The number of ether oxygens (including phenoxy) is 1. The number of methoxy groups -OCH3 is 1. The second-order valence-electron chi connectivity index (χ2n) is 3.88. The fraction of sp³-hybridized carbons (Fsp3) is 0.143. The average Bonchev–Trinajstić information content (AvgIpc) is 2.39. The summed E-state index contributed by atoms with van der Waals surface area (Å²) >= 11 is 0. The van der Waals surface area contributed by atoms with Crippen LogP contribution in [0.2, 0.25) is 0 Å². The normalized spacial score (nSPS) is 9.83. The van der Waals surface area contributed by atoms with Gasteiger partial charge in [-0.2, -0.15) is 5.26 Å². The van der Waals surface area contributed by atoms with Crippen LogP contribution in [0.4, 0.5) is 0 Å². The molecule has 2 aromatic rings. The SMILES string of the molecule is COc1ccc(-c2cc(C#N)c(O)cn2)cc1C. The van der Waals surface area contributed by atoms with Crippen LogP contribution in [-0.4, -0.2) is 17.2 Å². The maximum Gasteiger partial charge on any atom is 0.151 e. The van der Waals surface area contributed by atoms with Gasteiger partial charge in [0.15, 0.2) is 5.75 Å². The van der Waals surface area contributed by atoms with Gasteiger partial charge in [-0.25, -0.2) is 0 Å². The van der Waals surface area contributed by atoms with E-state index in [1.165, 1.54) is 6.20 Å². The molecule has 0 aliphatic rings.